The average Bonchev–Trinajstić information content (AvgIpc) is 3.00. The van der Waals surface area contributed by atoms with Crippen LogP contribution in [0.25, 0.3) is 22.3 Å². The van der Waals surface area contributed by atoms with Gasteiger partial charge in [-0.25, -0.2) is 4.79 Å². The van der Waals surface area contributed by atoms with E-state index >= 15 is 0 Å². The minimum Gasteiger partial charge on any atom is -0.461 e. The molecule has 3 aromatic rings. The van der Waals surface area contributed by atoms with Crippen LogP contribution in [-0.4, -0.2) is 17.1 Å². The highest BCUT2D eigenvalue weighted by molar-refractivity contribution is 6.33. The number of carbonyl (C=O) groups is 1. The maximum absolute atomic E-state index is 12.6. The Hall–Kier alpha value is -3.03. The van der Waals surface area contributed by atoms with Crippen molar-refractivity contribution in [2.45, 2.75) is 20.3 Å². The van der Waals surface area contributed by atoms with E-state index in [1.165, 1.54) is 0 Å². The van der Waals surface area contributed by atoms with Gasteiger partial charge in [0, 0.05) is 28.9 Å². The first-order valence-electron chi connectivity index (χ1n) is 9.17. The molecule has 0 aliphatic carbocycles. The van der Waals surface area contributed by atoms with Crippen molar-refractivity contribution < 1.29 is 9.53 Å². The Morgan fingerprint density at radius 2 is 1.75 bits per heavy atom. The Morgan fingerprint density at radius 1 is 1.11 bits per heavy atom. The van der Waals surface area contributed by atoms with Gasteiger partial charge in [-0.15, -0.1) is 0 Å². The van der Waals surface area contributed by atoms with Crippen molar-refractivity contribution in [3.8, 4) is 28.3 Å². The Balaban J connectivity index is 2.17. The van der Waals surface area contributed by atoms with Crippen LogP contribution >= 0.6 is 11.6 Å². The summed E-state index contributed by atoms with van der Waals surface area (Å²) >= 11 is 6.30. The number of nitrogens with zero attached hydrogens (tertiary/aromatic N) is 2. The summed E-state index contributed by atoms with van der Waals surface area (Å²) in [5.41, 5.74) is 5.05. The van der Waals surface area contributed by atoms with Crippen molar-refractivity contribution in [3.05, 3.63) is 70.5 Å². The van der Waals surface area contributed by atoms with Gasteiger partial charge in [-0.3, -0.25) is 0 Å². The van der Waals surface area contributed by atoms with E-state index in [1.54, 1.807) is 18.5 Å². The fourth-order valence-electron chi connectivity index (χ4n) is 3.50. The summed E-state index contributed by atoms with van der Waals surface area (Å²) in [6.45, 7) is 4.01. The number of halogens is 1. The van der Waals surface area contributed by atoms with Crippen LogP contribution < -0.4 is 0 Å². The monoisotopic (exact) mass is 392 g/mol. The number of aromatic nitrogens is 1. The van der Waals surface area contributed by atoms with E-state index < -0.39 is 5.97 Å². The van der Waals surface area contributed by atoms with Gasteiger partial charge in [0.05, 0.1) is 12.2 Å². The number of esters is 1. The number of nitriles is 1. The summed E-state index contributed by atoms with van der Waals surface area (Å²) in [4.78, 5) is 12.6. The third kappa shape index (κ3) is 3.42. The van der Waals surface area contributed by atoms with E-state index in [1.807, 2.05) is 55.5 Å². The van der Waals surface area contributed by atoms with Crippen LogP contribution in [0.1, 0.15) is 35.6 Å². The molecule has 1 heterocycles. The first-order chi connectivity index (χ1) is 13.5. The Labute approximate surface area is 169 Å². The second-order valence-electron chi connectivity index (χ2n) is 6.35. The minimum atomic E-state index is -0.425. The zero-order chi connectivity index (χ0) is 20.3. The lowest BCUT2D eigenvalue weighted by atomic mass is 9.97. The van der Waals surface area contributed by atoms with E-state index in [-0.39, 0.29) is 6.61 Å². The van der Waals surface area contributed by atoms with Crippen LogP contribution in [0.3, 0.4) is 0 Å². The van der Waals surface area contributed by atoms with Crippen LogP contribution in [0.15, 0.2) is 48.5 Å². The predicted octanol–water partition coefficient (Wildman–Crippen LogP) is 5.62. The number of rotatable bonds is 5. The Morgan fingerprint density at radius 3 is 2.32 bits per heavy atom. The molecule has 0 atom stereocenters. The molecule has 5 heteroatoms. The van der Waals surface area contributed by atoms with E-state index in [0.717, 1.165) is 22.4 Å². The van der Waals surface area contributed by atoms with Crippen LogP contribution in [0.2, 0.25) is 5.02 Å². The molecule has 0 saturated carbocycles. The molecule has 0 unspecified atom stereocenters. The first kappa shape index (κ1) is 19.7. The maximum atomic E-state index is 12.6. The van der Waals surface area contributed by atoms with Gasteiger partial charge in [-0.2, -0.15) is 5.26 Å². The predicted molar refractivity (Wildman–Crippen MR) is 111 cm³/mol. The van der Waals surface area contributed by atoms with Gasteiger partial charge in [0.1, 0.15) is 11.8 Å². The lowest BCUT2D eigenvalue weighted by molar-refractivity contribution is 0.0516. The highest BCUT2D eigenvalue weighted by Crippen LogP contribution is 2.35. The molecule has 0 fully saturated rings. The topological polar surface area (TPSA) is 55.0 Å². The molecule has 2 aromatic carbocycles. The van der Waals surface area contributed by atoms with E-state index in [4.69, 9.17) is 16.3 Å². The fraction of sp³-hybridized carbons (Fsp3) is 0.217. The van der Waals surface area contributed by atoms with E-state index in [0.29, 0.717) is 28.3 Å². The van der Waals surface area contributed by atoms with Crippen LogP contribution in [0.4, 0.5) is 0 Å². The van der Waals surface area contributed by atoms with Crippen molar-refractivity contribution in [1.29, 1.82) is 5.26 Å². The largest absolute Gasteiger partial charge is 0.461 e. The average molecular weight is 393 g/mol. The zero-order valence-corrected chi connectivity index (χ0v) is 16.9. The first-order valence-corrected chi connectivity index (χ1v) is 9.55. The van der Waals surface area contributed by atoms with E-state index in [2.05, 4.69) is 6.07 Å². The standard InChI is InChI=1S/C23H21ClN2O2/c1-4-20-18(14-25)21(22(26(20)3)23(27)28-5-2)16-12-10-15(11-13-16)17-8-6-7-9-19(17)24/h6-13H,4-5H2,1-3H3. The summed E-state index contributed by atoms with van der Waals surface area (Å²) in [6, 6.07) is 17.6. The third-order valence-corrected chi connectivity index (χ3v) is 5.12. The molecule has 3 rings (SSSR count). The van der Waals surface area contributed by atoms with Crippen molar-refractivity contribution in [3.63, 3.8) is 0 Å². The van der Waals surface area contributed by atoms with Crippen molar-refractivity contribution in [1.82, 2.24) is 4.57 Å². The van der Waals surface area contributed by atoms with Gasteiger partial charge < -0.3 is 9.30 Å². The third-order valence-electron chi connectivity index (χ3n) is 4.79. The number of hydrogen-bond donors (Lipinski definition) is 0. The highest BCUT2D eigenvalue weighted by Gasteiger charge is 2.26. The molecule has 0 radical (unpaired) electrons. The van der Waals surface area contributed by atoms with Crippen LogP contribution in [0.5, 0.6) is 0 Å². The molecule has 4 nitrogen and oxygen atoms in total. The molecule has 142 valence electrons. The van der Waals surface area contributed by atoms with Gasteiger partial charge >= 0.3 is 5.97 Å². The molecule has 0 spiro atoms. The van der Waals surface area contributed by atoms with Gasteiger partial charge in [0.15, 0.2) is 0 Å². The Kier molecular flexibility index (Phi) is 5.87. The molecular weight excluding hydrogens is 372 g/mol. The molecule has 0 saturated heterocycles. The van der Waals surface area contributed by atoms with Gasteiger partial charge in [-0.1, -0.05) is 61.0 Å². The lowest BCUT2D eigenvalue weighted by Crippen LogP contribution is -2.12. The summed E-state index contributed by atoms with van der Waals surface area (Å²) in [7, 11) is 1.80. The summed E-state index contributed by atoms with van der Waals surface area (Å²) < 4.78 is 7.02. The Bertz CT molecular complexity index is 1060. The SMILES string of the molecule is CCOC(=O)c1c(-c2ccc(-c3ccccc3Cl)cc2)c(C#N)c(CC)n1C. The second kappa shape index (κ2) is 8.33. The summed E-state index contributed by atoms with van der Waals surface area (Å²) in [5.74, 6) is -0.425. The minimum absolute atomic E-state index is 0.276. The summed E-state index contributed by atoms with van der Waals surface area (Å²) in [6.07, 6.45) is 0.642. The van der Waals surface area contributed by atoms with Crippen LogP contribution in [-0.2, 0) is 18.2 Å². The van der Waals surface area contributed by atoms with Gasteiger partial charge in [0.25, 0.3) is 0 Å². The molecule has 0 aliphatic heterocycles. The summed E-state index contributed by atoms with van der Waals surface area (Å²) in [5, 5.41) is 10.5. The van der Waals surface area contributed by atoms with Gasteiger partial charge in [0.2, 0.25) is 0 Å². The van der Waals surface area contributed by atoms with Crippen LogP contribution in [0, 0.1) is 11.3 Å². The number of carbonyl (C=O) groups excluding carboxylic acids is 1. The normalized spacial score (nSPS) is 10.5. The molecule has 28 heavy (non-hydrogen) atoms. The number of hydrogen-bond acceptors (Lipinski definition) is 3. The van der Waals surface area contributed by atoms with Crippen molar-refractivity contribution in [2.75, 3.05) is 6.61 Å². The number of benzene rings is 2. The second-order valence-corrected chi connectivity index (χ2v) is 6.75. The van der Waals surface area contributed by atoms with Crippen molar-refractivity contribution in [2.24, 2.45) is 7.05 Å². The maximum Gasteiger partial charge on any atom is 0.355 e. The fourth-order valence-corrected chi connectivity index (χ4v) is 3.74. The van der Waals surface area contributed by atoms with Gasteiger partial charge in [-0.05, 0) is 30.5 Å². The highest BCUT2D eigenvalue weighted by atomic mass is 35.5. The van der Waals surface area contributed by atoms with Crippen molar-refractivity contribution >= 4 is 17.6 Å². The van der Waals surface area contributed by atoms with E-state index in [9.17, 15) is 10.1 Å². The molecule has 0 aliphatic rings. The zero-order valence-electron chi connectivity index (χ0n) is 16.1. The quantitative estimate of drug-likeness (QED) is 0.529. The molecule has 1 aromatic heterocycles. The molecular formula is C23H21ClN2O2. The molecule has 0 N–H and O–H groups in total. The number of ether oxygens (including phenoxy) is 1. The lowest BCUT2D eigenvalue weighted by Gasteiger charge is -2.09. The molecule has 0 amide bonds. The molecule has 0 bridgehead atoms. The smallest absolute Gasteiger partial charge is 0.355 e.